The van der Waals surface area contributed by atoms with Gasteiger partial charge >= 0.3 is 0 Å². The number of hydrogen-bond donors (Lipinski definition) is 4. The summed E-state index contributed by atoms with van der Waals surface area (Å²) in [5, 5.41) is 15.2. The molecule has 6 atom stereocenters. The highest BCUT2D eigenvalue weighted by atomic mass is 19.1. The summed E-state index contributed by atoms with van der Waals surface area (Å²) in [5.74, 6) is -0.0435. The van der Waals surface area contributed by atoms with Crippen LogP contribution in [0.25, 0.3) is 0 Å². The summed E-state index contributed by atoms with van der Waals surface area (Å²) in [4.78, 5) is 17.4. The minimum Gasteiger partial charge on any atom is -0.354 e. The number of rotatable bonds is 4. The van der Waals surface area contributed by atoms with E-state index in [1.807, 2.05) is 13.8 Å². The number of hydrogen-bond acceptors (Lipinski definition) is 5. The normalized spacial score (nSPS) is 37.6. The Bertz CT molecular complexity index is 656. The maximum atomic E-state index is 13.8. The molecule has 3 fully saturated rings. The SMILES string of the molecule is CC(C)N/C(=N\C1CC(C2CC(F)CC(F)C2)NN1)NC(=O)C1CCCC(C#N)C1. The summed E-state index contributed by atoms with van der Waals surface area (Å²) >= 11 is 0. The summed E-state index contributed by atoms with van der Waals surface area (Å²) < 4.78 is 27.5. The molecule has 0 aromatic heterocycles. The van der Waals surface area contributed by atoms with Crippen LogP contribution < -0.4 is 21.5 Å². The molecule has 9 heteroatoms. The van der Waals surface area contributed by atoms with Crippen LogP contribution in [0.2, 0.25) is 0 Å². The van der Waals surface area contributed by atoms with Crippen LogP contribution >= 0.6 is 0 Å². The van der Waals surface area contributed by atoms with E-state index in [1.165, 1.54) is 0 Å². The molecule has 6 unspecified atom stereocenters. The molecule has 0 radical (unpaired) electrons. The van der Waals surface area contributed by atoms with Gasteiger partial charge in [-0.15, -0.1) is 0 Å². The van der Waals surface area contributed by atoms with Gasteiger partial charge in [-0.2, -0.15) is 5.26 Å². The third-order valence-electron chi connectivity index (χ3n) is 6.29. The first-order chi connectivity index (χ1) is 14.3. The number of carbonyl (C=O) groups excluding carboxylic acids is 1. The van der Waals surface area contributed by atoms with E-state index >= 15 is 0 Å². The van der Waals surface area contributed by atoms with Crippen molar-refractivity contribution in [3.05, 3.63) is 0 Å². The quantitative estimate of drug-likeness (QED) is 0.410. The fourth-order valence-electron chi connectivity index (χ4n) is 4.81. The number of aliphatic imine (C=N–C) groups is 1. The number of amides is 1. The van der Waals surface area contributed by atoms with Crippen molar-refractivity contribution in [2.24, 2.45) is 22.7 Å². The van der Waals surface area contributed by atoms with E-state index in [1.54, 1.807) is 0 Å². The molecular weight excluding hydrogens is 390 g/mol. The first-order valence-corrected chi connectivity index (χ1v) is 11.2. The molecule has 7 nitrogen and oxygen atoms in total. The van der Waals surface area contributed by atoms with Crippen LogP contribution in [-0.2, 0) is 4.79 Å². The Morgan fingerprint density at radius 3 is 2.50 bits per heavy atom. The zero-order valence-electron chi connectivity index (χ0n) is 17.8. The average Bonchev–Trinajstić information content (AvgIpc) is 3.15. The van der Waals surface area contributed by atoms with Crippen LogP contribution in [0.1, 0.15) is 65.2 Å². The molecule has 2 saturated carbocycles. The fourth-order valence-corrected chi connectivity index (χ4v) is 4.81. The minimum atomic E-state index is -1.09. The Hall–Kier alpha value is -1.79. The highest BCUT2D eigenvalue weighted by Crippen LogP contribution is 2.33. The third kappa shape index (κ3) is 6.35. The van der Waals surface area contributed by atoms with E-state index in [2.05, 4.69) is 32.5 Å². The predicted octanol–water partition coefficient (Wildman–Crippen LogP) is 2.46. The second-order valence-corrected chi connectivity index (χ2v) is 9.26. The van der Waals surface area contributed by atoms with Crippen molar-refractivity contribution in [3.63, 3.8) is 0 Å². The second-order valence-electron chi connectivity index (χ2n) is 9.26. The Kier molecular flexibility index (Phi) is 8.00. The largest absolute Gasteiger partial charge is 0.354 e. The van der Waals surface area contributed by atoms with E-state index in [0.29, 0.717) is 31.6 Å². The maximum Gasteiger partial charge on any atom is 0.229 e. The van der Waals surface area contributed by atoms with Crippen molar-refractivity contribution in [3.8, 4) is 6.07 Å². The van der Waals surface area contributed by atoms with Gasteiger partial charge < -0.3 is 5.32 Å². The molecule has 30 heavy (non-hydrogen) atoms. The van der Waals surface area contributed by atoms with Crippen LogP contribution in [0.3, 0.4) is 0 Å². The lowest BCUT2D eigenvalue weighted by Gasteiger charge is -2.31. The van der Waals surface area contributed by atoms with Gasteiger partial charge in [-0.3, -0.25) is 15.5 Å². The zero-order valence-corrected chi connectivity index (χ0v) is 17.8. The van der Waals surface area contributed by atoms with Gasteiger partial charge in [0.25, 0.3) is 0 Å². The number of hydrazine groups is 1. The molecule has 0 aromatic carbocycles. The lowest BCUT2D eigenvalue weighted by Crippen LogP contribution is -2.48. The number of nitrogens with one attached hydrogen (secondary N) is 4. The highest BCUT2D eigenvalue weighted by Gasteiger charge is 2.37. The van der Waals surface area contributed by atoms with Crippen molar-refractivity contribution in [2.45, 2.75) is 95.8 Å². The average molecular weight is 425 g/mol. The summed E-state index contributed by atoms with van der Waals surface area (Å²) in [6.07, 6.45) is 1.95. The zero-order chi connectivity index (χ0) is 21.7. The van der Waals surface area contributed by atoms with Gasteiger partial charge in [-0.05, 0) is 51.9 Å². The van der Waals surface area contributed by atoms with Gasteiger partial charge in [0.05, 0.1) is 6.07 Å². The van der Waals surface area contributed by atoms with Crippen molar-refractivity contribution < 1.29 is 13.6 Å². The molecule has 3 aliphatic rings. The molecule has 168 valence electrons. The molecule has 1 amide bonds. The molecule has 0 bridgehead atoms. The van der Waals surface area contributed by atoms with Crippen molar-refractivity contribution >= 4 is 11.9 Å². The van der Waals surface area contributed by atoms with Crippen LogP contribution in [0.5, 0.6) is 0 Å². The molecule has 1 aliphatic heterocycles. The fraction of sp³-hybridized carbons (Fsp3) is 0.857. The summed E-state index contributed by atoms with van der Waals surface area (Å²) in [6.45, 7) is 3.92. The highest BCUT2D eigenvalue weighted by molar-refractivity contribution is 5.98. The number of alkyl halides is 2. The third-order valence-corrected chi connectivity index (χ3v) is 6.29. The number of nitrogens with zero attached hydrogens (tertiary/aromatic N) is 2. The Balaban J connectivity index is 1.59. The molecule has 2 aliphatic carbocycles. The van der Waals surface area contributed by atoms with E-state index in [0.717, 1.165) is 19.3 Å². The van der Waals surface area contributed by atoms with E-state index in [9.17, 15) is 13.6 Å². The van der Waals surface area contributed by atoms with Gasteiger partial charge in [0.2, 0.25) is 5.91 Å². The Morgan fingerprint density at radius 1 is 1.10 bits per heavy atom. The maximum absolute atomic E-state index is 13.8. The van der Waals surface area contributed by atoms with Gasteiger partial charge in [-0.1, -0.05) is 6.42 Å². The molecule has 1 saturated heterocycles. The molecule has 4 N–H and O–H groups in total. The van der Waals surface area contributed by atoms with Gasteiger partial charge in [0.1, 0.15) is 18.5 Å². The van der Waals surface area contributed by atoms with Crippen LogP contribution in [0.15, 0.2) is 4.99 Å². The topological polar surface area (TPSA) is 101 Å². The number of guanidine groups is 1. The molecule has 1 heterocycles. The monoisotopic (exact) mass is 424 g/mol. The number of nitriles is 1. The first kappa shape index (κ1) is 22.9. The summed E-state index contributed by atoms with van der Waals surface area (Å²) in [6, 6.07) is 2.30. The molecule has 0 aromatic rings. The van der Waals surface area contributed by atoms with E-state index < -0.39 is 12.3 Å². The van der Waals surface area contributed by atoms with Crippen molar-refractivity contribution in [2.75, 3.05) is 0 Å². The predicted molar refractivity (Wildman–Crippen MR) is 111 cm³/mol. The minimum absolute atomic E-state index is 0.000539. The standard InChI is InChI=1S/C21H34F2N6O/c1-12(2)25-21(27-20(30)14-5-3-4-13(6-14)11-24)26-19-10-18(28-29-19)15-7-16(22)9-17(23)8-15/h12-19,28-29H,3-10H2,1-2H3,(H2,25,26,27,30). The van der Waals surface area contributed by atoms with Crippen molar-refractivity contribution in [1.29, 1.82) is 5.26 Å². The molecule has 3 rings (SSSR count). The van der Waals surface area contributed by atoms with Crippen LogP contribution in [0.4, 0.5) is 8.78 Å². The second kappa shape index (κ2) is 10.5. The lowest BCUT2D eigenvalue weighted by molar-refractivity contribution is -0.124. The van der Waals surface area contributed by atoms with Gasteiger partial charge in [-0.25, -0.2) is 19.2 Å². The molecular formula is C21H34F2N6O. The summed E-state index contributed by atoms with van der Waals surface area (Å²) in [5.41, 5.74) is 6.23. The van der Waals surface area contributed by atoms with Crippen LogP contribution in [0, 0.1) is 29.1 Å². The van der Waals surface area contributed by atoms with Gasteiger partial charge in [0, 0.05) is 36.8 Å². The van der Waals surface area contributed by atoms with E-state index in [-0.39, 0.29) is 48.3 Å². The van der Waals surface area contributed by atoms with Crippen LogP contribution in [-0.4, -0.2) is 42.5 Å². The van der Waals surface area contributed by atoms with E-state index in [4.69, 9.17) is 5.26 Å². The number of halogens is 2. The Labute approximate surface area is 177 Å². The smallest absolute Gasteiger partial charge is 0.229 e. The summed E-state index contributed by atoms with van der Waals surface area (Å²) in [7, 11) is 0. The first-order valence-electron chi connectivity index (χ1n) is 11.2. The molecule has 0 spiro atoms. The number of carbonyl (C=O) groups is 1. The lowest BCUT2D eigenvalue weighted by atomic mass is 9.81. The Morgan fingerprint density at radius 2 is 1.83 bits per heavy atom. The van der Waals surface area contributed by atoms with Crippen molar-refractivity contribution in [1.82, 2.24) is 21.5 Å². The van der Waals surface area contributed by atoms with Gasteiger partial charge in [0.15, 0.2) is 5.96 Å².